The normalized spacial score (nSPS) is 13.1. The Morgan fingerprint density at radius 2 is 0.976 bits per heavy atom. The zero-order valence-corrected chi connectivity index (χ0v) is 28.9. The van der Waals surface area contributed by atoms with Crippen molar-refractivity contribution in [2.75, 3.05) is 32.8 Å². The fourth-order valence-electron chi connectivity index (χ4n) is 5.94. The van der Waals surface area contributed by atoms with Crippen LogP contribution in [-0.4, -0.2) is 54.9 Å². The molecule has 0 saturated carbocycles. The predicted molar refractivity (Wildman–Crippen MR) is 183 cm³/mol. The van der Waals surface area contributed by atoms with Gasteiger partial charge < -0.3 is 20.5 Å². The van der Waals surface area contributed by atoms with Gasteiger partial charge in [-0.1, -0.05) is 156 Å². The molecule has 0 aliphatic heterocycles. The molecule has 0 aromatic rings. The van der Waals surface area contributed by atoms with E-state index >= 15 is 0 Å². The van der Waals surface area contributed by atoms with Crippen molar-refractivity contribution >= 4 is 5.97 Å². The van der Waals surface area contributed by atoms with Crippen LogP contribution in [0, 0.1) is 5.92 Å². The van der Waals surface area contributed by atoms with E-state index in [1.807, 2.05) is 0 Å². The van der Waals surface area contributed by atoms with E-state index in [4.69, 9.17) is 10.5 Å². The van der Waals surface area contributed by atoms with Crippen molar-refractivity contribution < 1.29 is 14.6 Å². The van der Waals surface area contributed by atoms with Crippen LogP contribution in [0.5, 0.6) is 0 Å². The van der Waals surface area contributed by atoms with Crippen LogP contribution in [0.4, 0.5) is 0 Å². The number of carbonyl (C=O) groups is 1. The maximum Gasteiger partial charge on any atom is 0.308 e. The van der Waals surface area contributed by atoms with Gasteiger partial charge in [0.05, 0.1) is 18.6 Å². The molecule has 5 nitrogen and oxygen atoms in total. The molecule has 0 spiro atoms. The first-order chi connectivity index (χ1) is 20.6. The van der Waals surface area contributed by atoms with Gasteiger partial charge in [-0.2, -0.15) is 0 Å². The maximum atomic E-state index is 12.9. The molecule has 252 valence electrons. The van der Waals surface area contributed by atoms with Gasteiger partial charge in [0.2, 0.25) is 0 Å². The van der Waals surface area contributed by atoms with Gasteiger partial charge >= 0.3 is 5.97 Å². The molecule has 0 saturated heterocycles. The number of ether oxygens (including phenoxy) is 1. The lowest BCUT2D eigenvalue weighted by molar-refractivity contribution is -0.149. The summed E-state index contributed by atoms with van der Waals surface area (Å²) in [7, 11) is 0. The summed E-state index contributed by atoms with van der Waals surface area (Å²) in [6.07, 6.45) is 31.9. The molecule has 42 heavy (non-hydrogen) atoms. The Hall–Kier alpha value is -0.650. The molecule has 0 heterocycles. The number of esters is 1. The minimum atomic E-state index is -0.432. The van der Waals surface area contributed by atoms with Gasteiger partial charge in [-0.05, 0) is 45.2 Å². The molecule has 3 N–H and O–H groups in total. The third-order valence-electron chi connectivity index (χ3n) is 8.83. The second-order valence-corrected chi connectivity index (χ2v) is 13.1. The molecular formula is C37H76N2O3. The van der Waals surface area contributed by atoms with Gasteiger partial charge in [-0.15, -0.1) is 0 Å². The molecule has 0 aromatic carbocycles. The third kappa shape index (κ3) is 28.1. The molecule has 0 aromatic heterocycles. The summed E-state index contributed by atoms with van der Waals surface area (Å²) in [6, 6.07) is 0. The summed E-state index contributed by atoms with van der Waals surface area (Å²) in [6.45, 7) is 10.4. The van der Waals surface area contributed by atoms with Crippen LogP contribution < -0.4 is 5.73 Å². The molecule has 0 aliphatic rings. The Balaban J connectivity index is 4.14. The number of nitrogens with zero attached hydrogens (tertiary/aromatic N) is 1. The lowest BCUT2D eigenvalue weighted by Crippen LogP contribution is -2.37. The van der Waals surface area contributed by atoms with Crippen molar-refractivity contribution in [3.8, 4) is 0 Å². The Morgan fingerprint density at radius 1 is 0.595 bits per heavy atom. The van der Waals surface area contributed by atoms with Crippen molar-refractivity contribution in [2.45, 2.75) is 194 Å². The van der Waals surface area contributed by atoms with Crippen LogP contribution in [0.3, 0.4) is 0 Å². The summed E-state index contributed by atoms with van der Waals surface area (Å²) >= 11 is 0. The van der Waals surface area contributed by atoms with E-state index in [1.54, 1.807) is 0 Å². The lowest BCUT2D eigenvalue weighted by Gasteiger charge is -2.24. The van der Waals surface area contributed by atoms with E-state index in [-0.39, 0.29) is 11.9 Å². The fourth-order valence-corrected chi connectivity index (χ4v) is 5.94. The van der Waals surface area contributed by atoms with E-state index in [0.29, 0.717) is 19.7 Å². The van der Waals surface area contributed by atoms with Crippen LogP contribution >= 0.6 is 0 Å². The average Bonchev–Trinajstić information content (AvgIpc) is 2.99. The van der Waals surface area contributed by atoms with Gasteiger partial charge in [0, 0.05) is 13.1 Å². The van der Waals surface area contributed by atoms with Gasteiger partial charge in [-0.3, -0.25) is 4.79 Å². The zero-order valence-electron chi connectivity index (χ0n) is 28.9. The van der Waals surface area contributed by atoms with E-state index < -0.39 is 6.10 Å². The molecule has 5 heteroatoms. The Bertz CT molecular complexity index is 545. The number of nitrogens with two attached hydrogens (primary N) is 1. The number of aliphatic hydroxyl groups excluding tert-OH is 1. The Kier molecular flexibility index (Phi) is 32.7. The molecule has 2 atom stereocenters. The number of unbranched alkanes of at least 4 members (excludes halogenated alkanes) is 20. The molecule has 0 bridgehead atoms. The van der Waals surface area contributed by atoms with E-state index in [1.165, 1.54) is 116 Å². The second-order valence-electron chi connectivity index (χ2n) is 13.1. The molecule has 0 aliphatic carbocycles. The van der Waals surface area contributed by atoms with Crippen molar-refractivity contribution in [2.24, 2.45) is 11.7 Å². The number of hydrogen-bond acceptors (Lipinski definition) is 5. The fraction of sp³-hybridized carbons (Fsp3) is 0.973. The molecule has 0 rings (SSSR count). The molecule has 2 unspecified atom stereocenters. The summed E-state index contributed by atoms with van der Waals surface area (Å²) in [5.41, 5.74) is 5.70. The highest BCUT2D eigenvalue weighted by molar-refractivity contribution is 5.72. The van der Waals surface area contributed by atoms with Crippen LogP contribution in [0.25, 0.3) is 0 Å². The topological polar surface area (TPSA) is 75.8 Å². The van der Waals surface area contributed by atoms with Crippen LogP contribution in [0.2, 0.25) is 0 Å². The summed E-state index contributed by atoms with van der Waals surface area (Å²) in [4.78, 5) is 15.3. The predicted octanol–water partition coefficient (Wildman–Crippen LogP) is 9.97. The minimum absolute atomic E-state index is 0.0542. The number of carbonyl (C=O) groups excluding carboxylic acids is 1. The van der Waals surface area contributed by atoms with Crippen LogP contribution in [-0.2, 0) is 9.53 Å². The highest BCUT2D eigenvalue weighted by atomic mass is 16.5. The molecule has 0 fully saturated rings. The number of aliphatic hydroxyl groups is 1. The first-order valence-electron chi connectivity index (χ1n) is 18.9. The van der Waals surface area contributed by atoms with Crippen molar-refractivity contribution in [3.63, 3.8) is 0 Å². The average molecular weight is 597 g/mol. The number of hydrogen-bond donors (Lipinski definition) is 2. The first-order valence-corrected chi connectivity index (χ1v) is 18.9. The SMILES string of the molecule is CCCCCCCCCCCCN(CCCCCCOC(=O)C(CCCCCC)CCCCCCCC)CC(O)CN. The summed E-state index contributed by atoms with van der Waals surface area (Å²) in [5, 5.41) is 10.1. The molecule has 0 amide bonds. The summed E-state index contributed by atoms with van der Waals surface area (Å²) < 4.78 is 5.77. The van der Waals surface area contributed by atoms with Crippen LogP contribution in [0.1, 0.15) is 188 Å². The highest BCUT2D eigenvalue weighted by Gasteiger charge is 2.19. The zero-order chi connectivity index (χ0) is 30.9. The molecular weight excluding hydrogens is 520 g/mol. The van der Waals surface area contributed by atoms with Crippen molar-refractivity contribution in [3.05, 3.63) is 0 Å². The largest absolute Gasteiger partial charge is 0.465 e. The van der Waals surface area contributed by atoms with Gasteiger partial charge in [0.25, 0.3) is 0 Å². The second kappa shape index (κ2) is 33.2. The van der Waals surface area contributed by atoms with Crippen molar-refractivity contribution in [1.82, 2.24) is 4.90 Å². The quantitative estimate of drug-likeness (QED) is 0.0571. The number of rotatable bonds is 34. The van der Waals surface area contributed by atoms with E-state index in [0.717, 1.165) is 64.5 Å². The van der Waals surface area contributed by atoms with Gasteiger partial charge in [0.15, 0.2) is 0 Å². The monoisotopic (exact) mass is 597 g/mol. The maximum absolute atomic E-state index is 12.9. The minimum Gasteiger partial charge on any atom is -0.465 e. The lowest BCUT2D eigenvalue weighted by atomic mass is 9.94. The van der Waals surface area contributed by atoms with E-state index in [2.05, 4.69) is 25.7 Å². The summed E-state index contributed by atoms with van der Waals surface area (Å²) in [5.74, 6) is 0.153. The van der Waals surface area contributed by atoms with Gasteiger partial charge in [0.1, 0.15) is 0 Å². The van der Waals surface area contributed by atoms with Crippen molar-refractivity contribution in [1.29, 1.82) is 0 Å². The Morgan fingerprint density at radius 3 is 1.43 bits per heavy atom. The molecule has 0 radical (unpaired) electrons. The smallest absolute Gasteiger partial charge is 0.308 e. The van der Waals surface area contributed by atoms with Crippen LogP contribution in [0.15, 0.2) is 0 Å². The first kappa shape index (κ1) is 41.4. The van der Waals surface area contributed by atoms with E-state index in [9.17, 15) is 9.90 Å². The highest BCUT2D eigenvalue weighted by Crippen LogP contribution is 2.21. The standard InChI is InChI=1S/C37H76N2O3/c1-4-7-10-13-15-16-17-18-20-25-30-39(34-36(40)33-38)31-26-21-22-27-32-42-37(41)35(28-23-12-9-6-3)29-24-19-14-11-8-5-2/h35-36,40H,4-34,38H2,1-3H3. The van der Waals surface area contributed by atoms with Gasteiger partial charge in [-0.25, -0.2) is 0 Å². The third-order valence-corrected chi connectivity index (χ3v) is 8.83. The Labute approximate surface area is 263 Å².